The van der Waals surface area contributed by atoms with Gasteiger partial charge in [0.25, 0.3) is 0 Å². The highest BCUT2D eigenvalue weighted by atomic mass is 16.2. The molecule has 0 aromatic rings. The van der Waals surface area contributed by atoms with E-state index in [1.807, 2.05) is 25.7 Å². The lowest BCUT2D eigenvalue weighted by molar-refractivity contribution is -0.148. The zero-order valence-electron chi connectivity index (χ0n) is 13.1. The van der Waals surface area contributed by atoms with Gasteiger partial charge in [-0.25, -0.2) is 0 Å². The van der Waals surface area contributed by atoms with Crippen molar-refractivity contribution in [2.24, 2.45) is 5.41 Å². The van der Waals surface area contributed by atoms with Crippen molar-refractivity contribution in [2.75, 3.05) is 0 Å². The van der Waals surface area contributed by atoms with Gasteiger partial charge < -0.3 is 4.90 Å². The third-order valence-electron chi connectivity index (χ3n) is 5.04. The van der Waals surface area contributed by atoms with E-state index >= 15 is 0 Å². The minimum absolute atomic E-state index is 0.00835. The van der Waals surface area contributed by atoms with Gasteiger partial charge in [-0.05, 0) is 25.7 Å². The second-order valence-corrected chi connectivity index (χ2v) is 7.63. The third kappa shape index (κ3) is 2.36. The van der Waals surface area contributed by atoms with E-state index < -0.39 is 0 Å². The molecule has 0 saturated carbocycles. The maximum Gasteiger partial charge on any atom is 0.229 e. The van der Waals surface area contributed by atoms with Gasteiger partial charge in [-0.1, -0.05) is 20.8 Å². The van der Waals surface area contributed by atoms with Crippen LogP contribution in [0.4, 0.5) is 0 Å². The fraction of sp³-hybridized carbons (Fsp3) is 0.812. The Hall–Kier alpha value is -1.39. The van der Waals surface area contributed by atoms with Gasteiger partial charge in [0.05, 0.1) is 0 Å². The van der Waals surface area contributed by atoms with Gasteiger partial charge in [-0.15, -0.1) is 0 Å². The summed E-state index contributed by atoms with van der Waals surface area (Å²) < 4.78 is 0. The average Bonchev–Trinajstić information content (AvgIpc) is 2.85. The second-order valence-electron chi connectivity index (χ2n) is 7.63. The summed E-state index contributed by atoms with van der Waals surface area (Å²) in [5, 5.41) is 0. The molecule has 0 aromatic heterocycles. The minimum Gasteiger partial charge on any atom is -0.336 e. The number of nitrogens with zero attached hydrogens (tertiary/aromatic N) is 2. The molecule has 2 bridgehead atoms. The molecule has 0 aliphatic carbocycles. The van der Waals surface area contributed by atoms with E-state index in [0.29, 0.717) is 12.8 Å². The number of piperidine rings is 1. The fourth-order valence-electron chi connectivity index (χ4n) is 4.08. The maximum absolute atomic E-state index is 12.6. The number of hydrogen-bond acceptors (Lipinski definition) is 3. The number of carbonyl (C=O) groups excluding carboxylic acids is 3. The van der Waals surface area contributed by atoms with Gasteiger partial charge >= 0.3 is 0 Å². The van der Waals surface area contributed by atoms with Crippen molar-refractivity contribution in [3.8, 4) is 0 Å². The van der Waals surface area contributed by atoms with E-state index in [1.54, 1.807) is 0 Å². The number of amides is 3. The lowest BCUT2D eigenvalue weighted by Gasteiger charge is -2.43. The Kier molecular flexibility index (Phi) is 3.34. The first-order chi connectivity index (χ1) is 9.79. The van der Waals surface area contributed by atoms with Gasteiger partial charge in [-0.2, -0.15) is 0 Å². The standard InChI is InChI=1S/C16H24N2O3/c1-16(2,3)15(21)17-10-4-5-11(17)9-12(8-10)18-13(19)6-7-14(18)20/h10-12H,4-9H2,1-3H3/t10-,11-/m0/s1. The number of carbonyl (C=O) groups is 3. The number of hydrogen-bond donors (Lipinski definition) is 0. The van der Waals surface area contributed by atoms with Crippen LogP contribution in [0.1, 0.15) is 59.3 Å². The number of imide groups is 1. The van der Waals surface area contributed by atoms with Crippen molar-refractivity contribution in [2.45, 2.75) is 77.4 Å². The fourth-order valence-corrected chi connectivity index (χ4v) is 4.08. The molecule has 3 amide bonds. The van der Waals surface area contributed by atoms with Crippen LogP contribution >= 0.6 is 0 Å². The molecule has 2 atom stereocenters. The number of likely N-dealkylation sites (tertiary alicyclic amines) is 1. The normalized spacial score (nSPS) is 33.0. The Labute approximate surface area is 125 Å². The van der Waals surface area contributed by atoms with Gasteiger partial charge in [0.15, 0.2) is 0 Å². The molecule has 3 aliphatic rings. The first-order valence-corrected chi connectivity index (χ1v) is 7.96. The SMILES string of the molecule is CC(C)(C)C(=O)N1[C@H]2CC[C@H]1CC(N1C(=O)CCC1=O)C2. The van der Waals surface area contributed by atoms with Gasteiger partial charge in [0.2, 0.25) is 17.7 Å². The summed E-state index contributed by atoms with van der Waals surface area (Å²) in [6, 6.07) is 0.400. The molecule has 21 heavy (non-hydrogen) atoms. The van der Waals surface area contributed by atoms with E-state index in [1.165, 1.54) is 4.90 Å². The smallest absolute Gasteiger partial charge is 0.229 e. The van der Waals surface area contributed by atoms with Crippen molar-refractivity contribution in [3.05, 3.63) is 0 Å². The Morgan fingerprint density at radius 1 is 0.952 bits per heavy atom. The molecule has 0 unspecified atom stereocenters. The van der Waals surface area contributed by atoms with Crippen LogP contribution in [0.3, 0.4) is 0 Å². The van der Waals surface area contributed by atoms with E-state index in [4.69, 9.17) is 0 Å². The molecule has 3 aliphatic heterocycles. The van der Waals surface area contributed by atoms with Crippen LogP contribution in [0.2, 0.25) is 0 Å². The molecular weight excluding hydrogens is 268 g/mol. The average molecular weight is 292 g/mol. The summed E-state index contributed by atoms with van der Waals surface area (Å²) in [6.45, 7) is 5.86. The Morgan fingerprint density at radius 3 is 1.86 bits per heavy atom. The van der Waals surface area contributed by atoms with Crippen LogP contribution in [0.25, 0.3) is 0 Å². The molecular formula is C16H24N2O3. The molecule has 5 heteroatoms. The van der Waals surface area contributed by atoms with Gasteiger partial charge in [-0.3, -0.25) is 19.3 Å². The predicted molar refractivity (Wildman–Crippen MR) is 77.2 cm³/mol. The summed E-state index contributed by atoms with van der Waals surface area (Å²) in [6.07, 6.45) is 4.23. The molecule has 0 N–H and O–H groups in total. The summed E-state index contributed by atoms with van der Waals surface area (Å²) in [5.41, 5.74) is -0.368. The Morgan fingerprint density at radius 2 is 1.43 bits per heavy atom. The molecule has 0 spiro atoms. The zero-order chi connectivity index (χ0) is 15.4. The highest BCUT2D eigenvalue weighted by molar-refractivity contribution is 6.02. The molecule has 5 nitrogen and oxygen atoms in total. The first kappa shape index (κ1) is 14.5. The van der Waals surface area contributed by atoms with Crippen LogP contribution in [-0.2, 0) is 14.4 Å². The van der Waals surface area contributed by atoms with Crippen LogP contribution in [0.5, 0.6) is 0 Å². The van der Waals surface area contributed by atoms with Gasteiger partial charge in [0, 0.05) is 36.4 Å². The second kappa shape index (κ2) is 4.82. The van der Waals surface area contributed by atoms with E-state index in [9.17, 15) is 14.4 Å². The van der Waals surface area contributed by atoms with Crippen LogP contribution in [-0.4, -0.2) is 45.6 Å². The molecule has 3 heterocycles. The van der Waals surface area contributed by atoms with Crippen LogP contribution in [0.15, 0.2) is 0 Å². The lowest BCUT2D eigenvalue weighted by Crippen LogP contribution is -2.55. The lowest BCUT2D eigenvalue weighted by atomic mass is 9.89. The van der Waals surface area contributed by atoms with Crippen molar-refractivity contribution >= 4 is 17.7 Å². The summed E-state index contributed by atoms with van der Waals surface area (Å²) in [7, 11) is 0. The molecule has 0 aromatic carbocycles. The summed E-state index contributed by atoms with van der Waals surface area (Å²) in [5.74, 6) is 0.146. The molecule has 3 saturated heterocycles. The van der Waals surface area contributed by atoms with Crippen molar-refractivity contribution < 1.29 is 14.4 Å². The molecule has 0 radical (unpaired) electrons. The van der Waals surface area contributed by atoms with E-state index in [2.05, 4.69) is 0 Å². The largest absolute Gasteiger partial charge is 0.336 e. The summed E-state index contributed by atoms with van der Waals surface area (Å²) in [4.78, 5) is 40.0. The summed E-state index contributed by atoms with van der Waals surface area (Å²) >= 11 is 0. The van der Waals surface area contributed by atoms with Crippen molar-refractivity contribution in [1.29, 1.82) is 0 Å². The van der Waals surface area contributed by atoms with Crippen LogP contribution < -0.4 is 0 Å². The third-order valence-corrected chi connectivity index (χ3v) is 5.04. The number of rotatable bonds is 1. The van der Waals surface area contributed by atoms with E-state index in [-0.39, 0.29) is 41.3 Å². The van der Waals surface area contributed by atoms with Crippen molar-refractivity contribution in [1.82, 2.24) is 9.80 Å². The van der Waals surface area contributed by atoms with E-state index in [0.717, 1.165) is 25.7 Å². The monoisotopic (exact) mass is 292 g/mol. The molecule has 3 fully saturated rings. The highest BCUT2D eigenvalue weighted by Crippen LogP contribution is 2.40. The quantitative estimate of drug-likeness (QED) is 0.691. The maximum atomic E-state index is 12.6. The van der Waals surface area contributed by atoms with Gasteiger partial charge in [0.1, 0.15) is 0 Å². The Balaban J connectivity index is 1.77. The van der Waals surface area contributed by atoms with Crippen molar-refractivity contribution in [3.63, 3.8) is 0 Å². The molecule has 3 rings (SSSR count). The zero-order valence-corrected chi connectivity index (χ0v) is 13.1. The number of fused-ring (bicyclic) bond motifs is 2. The first-order valence-electron chi connectivity index (χ1n) is 7.96. The molecule has 116 valence electrons. The topological polar surface area (TPSA) is 57.7 Å². The minimum atomic E-state index is -0.368. The highest BCUT2D eigenvalue weighted by Gasteiger charge is 2.49. The van der Waals surface area contributed by atoms with Crippen LogP contribution in [0, 0.1) is 5.41 Å². The Bertz CT molecular complexity index is 464. The predicted octanol–water partition coefficient (Wildman–Crippen LogP) is 1.70.